The van der Waals surface area contributed by atoms with Crippen LogP contribution in [0.25, 0.3) is 0 Å². The summed E-state index contributed by atoms with van der Waals surface area (Å²) in [5.74, 6) is 3.21. The summed E-state index contributed by atoms with van der Waals surface area (Å²) in [6.07, 6.45) is 7.07. The second-order valence-electron chi connectivity index (χ2n) is 8.38. The van der Waals surface area contributed by atoms with Crippen molar-refractivity contribution in [2.24, 2.45) is 11.8 Å². The summed E-state index contributed by atoms with van der Waals surface area (Å²) >= 11 is 0. The van der Waals surface area contributed by atoms with E-state index in [-0.39, 0.29) is 10.8 Å². The van der Waals surface area contributed by atoms with Crippen molar-refractivity contribution in [1.29, 1.82) is 0 Å². The zero-order valence-corrected chi connectivity index (χ0v) is 18.2. The number of carbonyl (C=O) groups excluding carboxylic acids is 1. The van der Waals surface area contributed by atoms with E-state index in [1.54, 1.807) is 27.4 Å². The quantitative estimate of drug-likeness (QED) is 0.689. The Balaban J connectivity index is 1.71. The molecule has 0 aliphatic carbocycles. The lowest BCUT2D eigenvalue weighted by Crippen LogP contribution is -2.48. The van der Waals surface area contributed by atoms with Gasteiger partial charge in [-0.15, -0.1) is 12.3 Å². The van der Waals surface area contributed by atoms with Crippen LogP contribution in [0, 0.1) is 24.2 Å². The highest BCUT2D eigenvalue weighted by Gasteiger charge is 2.32. The van der Waals surface area contributed by atoms with Gasteiger partial charge < -0.3 is 4.90 Å². The maximum absolute atomic E-state index is 13.2. The molecule has 2 atom stereocenters. The largest absolute Gasteiger partial charge is 0.336 e. The van der Waals surface area contributed by atoms with Gasteiger partial charge in [0.2, 0.25) is 10.0 Å². The van der Waals surface area contributed by atoms with E-state index in [9.17, 15) is 13.2 Å². The lowest BCUT2D eigenvalue weighted by molar-refractivity contribution is 0.0639. The minimum atomic E-state index is -3.60. The summed E-state index contributed by atoms with van der Waals surface area (Å²) < 4.78 is 27.9. The van der Waals surface area contributed by atoms with Crippen molar-refractivity contribution < 1.29 is 13.2 Å². The van der Waals surface area contributed by atoms with E-state index in [4.69, 9.17) is 6.42 Å². The number of rotatable bonds is 5. The fourth-order valence-electron chi connectivity index (χ4n) is 4.32. The zero-order chi connectivity index (χ0) is 21.0. The minimum Gasteiger partial charge on any atom is -0.336 e. The van der Waals surface area contributed by atoms with E-state index in [0.717, 1.165) is 26.1 Å². The lowest BCUT2D eigenvalue weighted by Gasteiger charge is -2.35. The van der Waals surface area contributed by atoms with Crippen LogP contribution >= 0.6 is 0 Å². The number of piperidine rings is 1. The molecule has 0 bridgehead atoms. The number of sulfonamides is 1. The summed E-state index contributed by atoms with van der Waals surface area (Å²) in [6, 6.07) is 6.49. The smallest absolute Gasteiger partial charge is 0.253 e. The topological polar surface area (TPSA) is 60.9 Å². The molecule has 3 rings (SSSR count). The summed E-state index contributed by atoms with van der Waals surface area (Å²) in [5, 5.41) is 0. The molecule has 2 fully saturated rings. The van der Waals surface area contributed by atoms with Gasteiger partial charge in [-0.3, -0.25) is 9.69 Å². The van der Waals surface area contributed by atoms with Gasteiger partial charge in [-0.05, 0) is 36.5 Å². The number of benzene rings is 1. The molecule has 1 aromatic carbocycles. The first-order chi connectivity index (χ1) is 13.8. The minimum absolute atomic E-state index is 0.112. The molecule has 0 aromatic heterocycles. The van der Waals surface area contributed by atoms with Gasteiger partial charge in [0.05, 0.1) is 4.90 Å². The van der Waals surface area contributed by atoms with Crippen LogP contribution in [0.3, 0.4) is 0 Å². The third-order valence-corrected chi connectivity index (χ3v) is 7.61. The normalized spacial score (nSPS) is 24.2. The van der Waals surface area contributed by atoms with Gasteiger partial charge in [-0.2, -0.15) is 4.31 Å². The first-order valence-electron chi connectivity index (χ1n) is 10.4. The number of carbonyl (C=O) groups is 1. The molecule has 158 valence electrons. The Morgan fingerprint density at radius 2 is 1.79 bits per heavy atom. The molecule has 0 radical (unpaired) electrons. The van der Waals surface area contributed by atoms with Gasteiger partial charge in [0.15, 0.2) is 0 Å². The van der Waals surface area contributed by atoms with Crippen LogP contribution in [0.15, 0.2) is 29.2 Å². The highest BCUT2D eigenvalue weighted by Crippen LogP contribution is 2.27. The van der Waals surface area contributed by atoms with Crippen LogP contribution in [0.2, 0.25) is 0 Å². The first kappa shape index (κ1) is 21.8. The van der Waals surface area contributed by atoms with Crippen molar-refractivity contribution in [3.8, 4) is 12.3 Å². The number of piperazine rings is 1. The molecule has 1 aromatic rings. The van der Waals surface area contributed by atoms with Crippen molar-refractivity contribution in [1.82, 2.24) is 14.1 Å². The second-order valence-corrected chi connectivity index (χ2v) is 10.3. The highest BCUT2D eigenvalue weighted by atomic mass is 32.2. The maximum atomic E-state index is 13.2. The SMILES string of the molecule is C#CCCN1CCN(C(=O)c2cccc(S(=O)(=O)N3C[C@H](C)C[C@@H](C)C3)c2)CC1. The Labute approximate surface area is 174 Å². The summed E-state index contributed by atoms with van der Waals surface area (Å²) in [6.45, 7) is 8.91. The fraction of sp³-hybridized carbons (Fsp3) is 0.591. The molecule has 0 saturated carbocycles. The van der Waals surface area contributed by atoms with Gasteiger partial charge in [-0.25, -0.2) is 8.42 Å². The average Bonchev–Trinajstić information content (AvgIpc) is 2.71. The first-order valence-corrected chi connectivity index (χ1v) is 11.8. The molecule has 29 heavy (non-hydrogen) atoms. The van der Waals surface area contributed by atoms with Crippen LogP contribution < -0.4 is 0 Å². The Morgan fingerprint density at radius 1 is 1.14 bits per heavy atom. The van der Waals surface area contributed by atoms with E-state index in [1.807, 2.05) is 0 Å². The van der Waals surface area contributed by atoms with Crippen molar-refractivity contribution in [3.05, 3.63) is 29.8 Å². The molecule has 1 amide bonds. The summed E-state index contributed by atoms with van der Waals surface area (Å²) in [7, 11) is -3.60. The molecule has 2 saturated heterocycles. The molecule has 7 heteroatoms. The van der Waals surface area contributed by atoms with Crippen molar-refractivity contribution in [2.45, 2.75) is 31.6 Å². The fourth-order valence-corrected chi connectivity index (χ4v) is 6.05. The average molecular weight is 418 g/mol. The van der Waals surface area contributed by atoms with Gasteiger partial charge in [0, 0.05) is 57.8 Å². The second kappa shape index (κ2) is 9.29. The summed E-state index contributed by atoms with van der Waals surface area (Å²) in [4.78, 5) is 17.2. The van der Waals surface area contributed by atoms with E-state index in [1.165, 1.54) is 6.07 Å². The standard InChI is InChI=1S/C22H31N3O3S/c1-4-5-9-23-10-12-24(13-11-23)22(26)20-7-6-8-21(15-20)29(27,28)25-16-18(2)14-19(3)17-25/h1,6-8,15,18-19H,5,9-14,16-17H2,2-3H3/t18-,19-/m1/s1. The lowest BCUT2D eigenvalue weighted by atomic mass is 9.94. The van der Waals surface area contributed by atoms with Crippen molar-refractivity contribution in [2.75, 3.05) is 45.8 Å². The van der Waals surface area contributed by atoms with E-state index in [2.05, 4.69) is 24.7 Å². The molecule has 0 spiro atoms. The number of amides is 1. The van der Waals surface area contributed by atoms with Crippen LogP contribution in [0.4, 0.5) is 0 Å². The van der Waals surface area contributed by atoms with E-state index >= 15 is 0 Å². The molecular weight excluding hydrogens is 386 g/mol. The Kier molecular flexibility index (Phi) is 6.99. The molecule has 6 nitrogen and oxygen atoms in total. The third kappa shape index (κ3) is 5.19. The van der Waals surface area contributed by atoms with Crippen LogP contribution in [0.5, 0.6) is 0 Å². The van der Waals surface area contributed by atoms with Gasteiger partial charge in [0.25, 0.3) is 5.91 Å². The Hall–Kier alpha value is -1.88. The Morgan fingerprint density at radius 3 is 2.41 bits per heavy atom. The predicted molar refractivity (Wildman–Crippen MR) is 114 cm³/mol. The zero-order valence-electron chi connectivity index (χ0n) is 17.4. The molecule has 2 aliphatic rings. The van der Waals surface area contributed by atoms with Gasteiger partial charge in [-0.1, -0.05) is 19.9 Å². The monoisotopic (exact) mass is 417 g/mol. The molecule has 2 heterocycles. The third-order valence-electron chi connectivity index (χ3n) is 5.79. The molecular formula is C22H31N3O3S. The van der Waals surface area contributed by atoms with E-state index < -0.39 is 10.0 Å². The maximum Gasteiger partial charge on any atom is 0.253 e. The van der Waals surface area contributed by atoms with Crippen LogP contribution in [-0.4, -0.2) is 74.2 Å². The van der Waals surface area contributed by atoms with Crippen LogP contribution in [0.1, 0.15) is 37.0 Å². The number of nitrogens with zero attached hydrogens (tertiary/aromatic N) is 3. The van der Waals surface area contributed by atoms with Gasteiger partial charge >= 0.3 is 0 Å². The van der Waals surface area contributed by atoms with Crippen molar-refractivity contribution in [3.63, 3.8) is 0 Å². The Bertz CT molecular complexity index is 860. The summed E-state index contributed by atoms with van der Waals surface area (Å²) in [5.41, 5.74) is 0.432. The number of hydrogen-bond donors (Lipinski definition) is 0. The van der Waals surface area contributed by atoms with Gasteiger partial charge in [0.1, 0.15) is 0 Å². The van der Waals surface area contributed by atoms with E-state index in [0.29, 0.717) is 50.0 Å². The van der Waals surface area contributed by atoms with Crippen LogP contribution in [-0.2, 0) is 10.0 Å². The molecule has 0 N–H and O–H groups in total. The predicted octanol–water partition coefficient (Wildman–Crippen LogP) is 2.13. The number of hydrogen-bond acceptors (Lipinski definition) is 4. The highest BCUT2D eigenvalue weighted by molar-refractivity contribution is 7.89. The number of terminal acetylenes is 1. The van der Waals surface area contributed by atoms with Crippen molar-refractivity contribution >= 4 is 15.9 Å². The molecule has 0 unspecified atom stereocenters. The molecule has 2 aliphatic heterocycles.